The molecule has 124 valence electrons. The number of aromatic hydroxyl groups is 1. The van der Waals surface area contributed by atoms with Crippen molar-refractivity contribution < 1.29 is 19.0 Å². The Bertz CT molecular complexity index is 555. The highest BCUT2D eigenvalue weighted by Gasteiger charge is 2.46. The lowest BCUT2D eigenvalue weighted by Crippen LogP contribution is -2.51. The van der Waals surface area contributed by atoms with Crippen LogP contribution in [0.4, 0.5) is 8.78 Å². The first-order chi connectivity index (χ1) is 10.3. The molecular weight excluding hydrogens is 494 g/mol. The van der Waals surface area contributed by atoms with E-state index < -0.39 is 18.6 Å². The van der Waals surface area contributed by atoms with Gasteiger partial charge in [0.15, 0.2) is 0 Å². The van der Waals surface area contributed by atoms with Crippen LogP contribution in [0.3, 0.4) is 0 Å². The molecule has 0 radical (unpaired) electrons. The second kappa shape index (κ2) is 7.40. The number of hydrogen-bond donors (Lipinski definition) is 3. The normalized spacial score (nSPS) is 18.5. The van der Waals surface area contributed by atoms with Gasteiger partial charge in [-0.1, -0.05) is 15.9 Å². The summed E-state index contributed by atoms with van der Waals surface area (Å²) in [5, 5.41) is 22.3. The van der Waals surface area contributed by atoms with E-state index in [1.807, 2.05) is 0 Å². The molecule has 0 bridgehead atoms. The van der Waals surface area contributed by atoms with Crippen molar-refractivity contribution >= 4 is 47.8 Å². The molecule has 4 nitrogen and oxygen atoms in total. The van der Waals surface area contributed by atoms with Gasteiger partial charge in [0.25, 0.3) is 5.92 Å². The van der Waals surface area contributed by atoms with Crippen LogP contribution in [0, 0.1) is 0 Å². The third-order valence-corrected chi connectivity index (χ3v) is 5.65. The van der Waals surface area contributed by atoms with E-state index in [1.165, 1.54) is 6.07 Å². The number of aliphatic hydroxyl groups excluding tert-OH is 1. The highest BCUT2D eigenvalue weighted by molar-refractivity contribution is 9.11. The zero-order chi connectivity index (χ0) is 16.5. The van der Waals surface area contributed by atoms with E-state index in [4.69, 9.17) is 5.11 Å². The van der Waals surface area contributed by atoms with E-state index in [2.05, 4.69) is 53.1 Å². The number of aliphatic hydroxyl groups is 1. The van der Waals surface area contributed by atoms with Crippen molar-refractivity contribution in [1.82, 2.24) is 10.2 Å². The van der Waals surface area contributed by atoms with Crippen molar-refractivity contribution in [3.05, 3.63) is 25.0 Å². The van der Waals surface area contributed by atoms with Crippen LogP contribution < -0.4 is 5.32 Å². The summed E-state index contributed by atoms with van der Waals surface area (Å²) >= 11 is 9.67. The Kier molecular flexibility index (Phi) is 6.23. The van der Waals surface area contributed by atoms with Crippen LogP contribution in [0.25, 0.3) is 0 Å². The van der Waals surface area contributed by atoms with Crippen LogP contribution in [0.5, 0.6) is 5.75 Å². The molecule has 1 heterocycles. The van der Waals surface area contributed by atoms with E-state index in [1.54, 1.807) is 4.90 Å². The number of alkyl halides is 2. The highest BCUT2D eigenvalue weighted by atomic mass is 79.9. The monoisotopic (exact) mass is 506 g/mol. The van der Waals surface area contributed by atoms with Gasteiger partial charge in [0.05, 0.1) is 8.95 Å². The van der Waals surface area contributed by atoms with Crippen LogP contribution >= 0.6 is 47.8 Å². The maximum Gasteiger partial charge on any atom is 0.289 e. The number of hydrogen-bond acceptors (Lipinski definition) is 4. The molecule has 1 saturated heterocycles. The number of halogens is 5. The van der Waals surface area contributed by atoms with Crippen LogP contribution in [-0.4, -0.2) is 53.8 Å². The number of benzene rings is 1. The third kappa shape index (κ3) is 3.64. The number of phenols is 1. The highest BCUT2D eigenvalue weighted by Crippen LogP contribution is 2.48. The van der Waals surface area contributed by atoms with Crippen molar-refractivity contribution in [3.8, 4) is 5.75 Å². The van der Waals surface area contributed by atoms with Gasteiger partial charge in [-0.3, -0.25) is 4.90 Å². The van der Waals surface area contributed by atoms with Gasteiger partial charge in [-0.25, -0.2) is 8.78 Å². The largest absolute Gasteiger partial charge is 0.506 e. The number of nitrogens with zero attached hydrogens (tertiary/aromatic N) is 1. The van der Waals surface area contributed by atoms with Crippen LogP contribution in [0.2, 0.25) is 0 Å². The average molecular weight is 509 g/mol. The molecule has 0 spiro atoms. The lowest BCUT2D eigenvalue weighted by Gasteiger charge is -2.39. The first kappa shape index (κ1) is 18.5. The second-order valence-electron chi connectivity index (χ2n) is 5.02. The van der Waals surface area contributed by atoms with Crippen molar-refractivity contribution in [1.29, 1.82) is 0 Å². The van der Waals surface area contributed by atoms with Gasteiger partial charge >= 0.3 is 0 Å². The molecule has 3 N–H and O–H groups in total. The van der Waals surface area contributed by atoms with Gasteiger partial charge < -0.3 is 15.5 Å². The molecule has 1 aliphatic heterocycles. The smallest absolute Gasteiger partial charge is 0.289 e. The molecule has 22 heavy (non-hydrogen) atoms. The fourth-order valence-corrected chi connectivity index (χ4v) is 5.09. The van der Waals surface area contributed by atoms with Crippen LogP contribution in [0.1, 0.15) is 11.6 Å². The maximum atomic E-state index is 14.4. The lowest BCUT2D eigenvalue weighted by molar-refractivity contribution is -0.119. The zero-order valence-electron chi connectivity index (χ0n) is 11.4. The molecular formula is C13H15Br3F2N2O2. The van der Waals surface area contributed by atoms with Crippen molar-refractivity contribution in [2.24, 2.45) is 0 Å². The van der Waals surface area contributed by atoms with E-state index >= 15 is 0 Å². The molecule has 1 aliphatic rings. The van der Waals surface area contributed by atoms with Crippen molar-refractivity contribution in [2.45, 2.75) is 12.0 Å². The Hall–Kier alpha value is 0.200. The first-order valence-corrected chi connectivity index (χ1v) is 8.97. The topological polar surface area (TPSA) is 55.7 Å². The molecule has 9 heteroatoms. The first-order valence-electron chi connectivity index (χ1n) is 6.59. The Morgan fingerprint density at radius 3 is 2.36 bits per heavy atom. The van der Waals surface area contributed by atoms with E-state index in [0.29, 0.717) is 35.1 Å². The fourth-order valence-electron chi connectivity index (χ4n) is 2.53. The molecule has 0 aromatic heterocycles. The van der Waals surface area contributed by atoms with E-state index in [0.717, 1.165) is 0 Å². The number of phenolic OH excluding ortho intramolecular Hbond substituents is 1. The number of piperazine rings is 1. The molecule has 1 atom stereocenters. The van der Waals surface area contributed by atoms with Gasteiger partial charge in [0.1, 0.15) is 18.4 Å². The van der Waals surface area contributed by atoms with E-state index in [-0.39, 0.29) is 15.8 Å². The fraction of sp³-hybridized carbons (Fsp3) is 0.538. The molecule has 0 amide bonds. The predicted molar refractivity (Wildman–Crippen MR) is 90.4 cm³/mol. The molecule has 1 aromatic carbocycles. The predicted octanol–water partition coefficient (Wildman–Crippen LogP) is 3.25. The van der Waals surface area contributed by atoms with Gasteiger partial charge in [0, 0.05) is 36.2 Å². The minimum absolute atomic E-state index is 0.146. The summed E-state index contributed by atoms with van der Waals surface area (Å²) in [4.78, 5) is 1.62. The Morgan fingerprint density at radius 2 is 1.82 bits per heavy atom. The van der Waals surface area contributed by atoms with Gasteiger partial charge in [0.2, 0.25) is 0 Å². The minimum Gasteiger partial charge on any atom is -0.506 e. The summed E-state index contributed by atoms with van der Waals surface area (Å²) in [6.07, 6.45) is 0. The summed E-state index contributed by atoms with van der Waals surface area (Å²) in [7, 11) is 0. The summed E-state index contributed by atoms with van der Waals surface area (Å²) in [5.74, 6) is -3.49. The molecule has 0 saturated carbocycles. The van der Waals surface area contributed by atoms with Crippen LogP contribution in [-0.2, 0) is 0 Å². The van der Waals surface area contributed by atoms with Gasteiger partial charge in [-0.2, -0.15) is 0 Å². The standard InChI is InChI=1S/C13H15Br3F2N2O2/c14-7-5-8(15)11(22)10(16)9(7)12(13(17,18)6-21)20-3-1-19-2-4-20/h5,12,19,21-22H,1-4,6H2/t12-/m0/s1. The molecule has 1 fully saturated rings. The summed E-state index contributed by atoms with van der Waals surface area (Å²) in [5.41, 5.74) is 0.224. The lowest BCUT2D eigenvalue weighted by atomic mass is 9.98. The quantitative estimate of drug-likeness (QED) is 0.584. The summed E-state index contributed by atoms with van der Waals surface area (Å²) < 4.78 is 29.9. The Balaban J connectivity index is 2.57. The van der Waals surface area contributed by atoms with E-state index in [9.17, 15) is 13.9 Å². The van der Waals surface area contributed by atoms with Crippen LogP contribution in [0.15, 0.2) is 19.5 Å². The summed E-state index contributed by atoms with van der Waals surface area (Å²) in [6, 6.07) is 0.181. The van der Waals surface area contributed by atoms with Gasteiger partial charge in [-0.05, 0) is 37.9 Å². The van der Waals surface area contributed by atoms with Gasteiger partial charge in [-0.15, -0.1) is 0 Å². The SMILES string of the molecule is OCC(F)(F)[C@H](c1c(Br)cc(Br)c(O)c1Br)N1CCNCC1. The van der Waals surface area contributed by atoms with Crippen molar-refractivity contribution in [3.63, 3.8) is 0 Å². The average Bonchev–Trinajstić information content (AvgIpc) is 2.50. The second-order valence-corrected chi connectivity index (χ2v) is 7.53. The number of nitrogens with one attached hydrogen (secondary N) is 1. The molecule has 1 aromatic rings. The maximum absolute atomic E-state index is 14.4. The number of rotatable bonds is 4. The minimum atomic E-state index is -3.34. The molecule has 0 aliphatic carbocycles. The summed E-state index contributed by atoms with van der Waals surface area (Å²) in [6.45, 7) is 0.773. The Morgan fingerprint density at radius 1 is 1.23 bits per heavy atom. The molecule has 2 rings (SSSR count). The Labute approximate surface area is 152 Å². The molecule has 0 unspecified atom stereocenters. The third-order valence-electron chi connectivity index (χ3n) is 3.58. The van der Waals surface area contributed by atoms with Crippen molar-refractivity contribution in [2.75, 3.05) is 32.8 Å². The zero-order valence-corrected chi connectivity index (χ0v) is 16.2.